The van der Waals surface area contributed by atoms with Gasteiger partial charge in [-0.25, -0.2) is 0 Å². The minimum absolute atomic E-state index is 0.135. The Labute approximate surface area is 64.7 Å². The van der Waals surface area contributed by atoms with E-state index in [9.17, 15) is 9.90 Å². The van der Waals surface area contributed by atoms with Gasteiger partial charge in [0.05, 0.1) is 6.61 Å². The Kier molecular flexibility index (Phi) is 1.97. The van der Waals surface area contributed by atoms with Gasteiger partial charge in [-0.1, -0.05) is 0 Å². The number of β-amino-alcohol motifs (C(OH)–C–C–N with tert-alkyl or cyclic N) is 1. The maximum atomic E-state index is 10.9. The second kappa shape index (κ2) is 2.64. The van der Waals surface area contributed by atoms with E-state index in [0.717, 1.165) is 0 Å². The van der Waals surface area contributed by atoms with Crippen LogP contribution in [0, 0.1) is 0 Å². The van der Waals surface area contributed by atoms with Gasteiger partial charge in [0, 0.05) is 12.6 Å². The predicted octanol–water partition coefficient (Wildman–Crippen LogP) is -0.914. The summed E-state index contributed by atoms with van der Waals surface area (Å²) in [5.74, 6) is -0.260. The van der Waals surface area contributed by atoms with Crippen molar-refractivity contribution in [1.82, 2.24) is 4.90 Å². The predicted molar refractivity (Wildman–Crippen MR) is 38.6 cm³/mol. The van der Waals surface area contributed by atoms with Crippen LogP contribution in [-0.4, -0.2) is 39.9 Å². The number of hydrogen-bond donors (Lipinski definition) is 2. The fourth-order valence-corrected chi connectivity index (χ4v) is 1.07. The highest BCUT2D eigenvalue weighted by atomic mass is 16.3. The van der Waals surface area contributed by atoms with Crippen LogP contribution in [-0.2, 0) is 4.79 Å². The average Bonchev–Trinajstić information content (AvgIpc) is 2.16. The van der Waals surface area contributed by atoms with Gasteiger partial charge < -0.3 is 15.1 Å². The van der Waals surface area contributed by atoms with Gasteiger partial charge in [-0.2, -0.15) is 0 Å². The molecule has 1 amide bonds. The second-order valence-corrected chi connectivity index (χ2v) is 2.64. The molecule has 62 valence electrons. The first-order valence-corrected chi connectivity index (χ1v) is 3.42. The molecule has 0 saturated heterocycles. The minimum atomic E-state index is -1.22. The molecule has 1 aliphatic heterocycles. The summed E-state index contributed by atoms with van der Waals surface area (Å²) in [6, 6.07) is 0. The molecule has 0 aromatic carbocycles. The molecule has 11 heavy (non-hydrogen) atoms. The van der Waals surface area contributed by atoms with Crippen LogP contribution in [0.3, 0.4) is 0 Å². The largest absolute Gasteiger partial charge is 0.395 e. The van der Waals surface area contributed by atoms with E-state index in [4.69, 9.17) is 5.11 Å². The van der Waals surface area contributed by atoms with Gasteiger partial charge in [0.2, 0.25) is 5.91 Å². The first-order chi connectivity index (χ1) is 5.08. The molecule has 0 radical (unpaired) electrons. The second-order valence-electron chi connectivity index (χ2n) is 2.64. The lowest BCUT2D eigenvalue weighted by molar-refractivity contribution is -0.140. The molecule has 0 fully saturated rings. The Bertz CT molecular complexity index is 198. The number of carbonyl (C=O) groups excluding carboxylic acids is 1. The maximum absolute atomic E-state index is 10.9. The summed E-state index contributed by atoms with van der Waals surface area (Å²) in [7, 11) is 0. The van der Waals surface area contributed by atoms with Crippen molar-refractivity contribution < 1.29 is 15.0 Å². The zero-order valence-corrected chi connectivity index (χ0v) is 6.32. The molecule has 0 aliphatic carbocycles. The Morgan fingerprint density at radius 1 is 1.73 bits per heavy atom. The van der Waals surface area contributed by atoms with E-state index in [-0.39, 0.29) is 19.1 Å². The van der Waals surface area contributed by atoms with Crippen LogP contribution in [0.1, 0.15) is 6.92 Å². The van der Waals surface area contributed by atoms with E-state index in [1.54, 1.807) is 0 Å². The van der Waals surface area contributed by atoms with Crippen molar-refractivity contribution in [2.75, 3.05) is 13.2 Å². The molecule has 1 heterocycles. The summed E-state index contributed by atoms with van der Waals surface area (Å²) in [6.07, 6.45) is 2.71. The molecule has 1 unspecified atom stereocenters. The van der Waals surface area contributed by atoms with Crippen molar-refractivity contribution in [2.45, 2.75) is 12.6 Å². The highest BCUT2D eigenvalue weighted by Gasteiger charge is 2.33. The molecule has 1 atom stereocenters. The summed E-state index contributed by atoms with van der Waals surface area (Å²) in [4.78, 5) is 12.1. The molecular formula is C7H11NO3. The lowest BCUT2D eigenvalue weighted by Crippen LogP contribution is -2.45. The molecule has 0 saturated carbocycles. The SMILES string of the molecule is CC1(O)C=CC(=O)N1CCO. The van der Waals surface area contributed by atoms with Crippen molar-refractivity contribution in [2.24, 2.45) is 0 Å². The Morgan fingerprint density at radius 2 is 2.36 bits per heavy atom. The van der Waals surface area contributed by atoms with E-state index in [0.29, 0.717) is 0 Å². The highest BCUT2D eigenvalue weighted by Crippen LogP contribution is 2.19. The quantitative estimate of drug-likeness (QED) is 0.545. The number of carbonyl (C=O) groups is 1. The van der Waals surface area contributed by atoms with Crippen LogP contribution >= 0.6 is 0 Å². The van der Waals surface area contributed by atoms with Crippen molar-refractivity contribution in [3.05, 3.63) is 12.2 Å². The number of rotatable bonds is 2. The summed E-state index contributed by atoms with van der Waals surface area (Å²) < 4.78 is 0. The van der Waals surface area contributed by atoms with Gasteiger partial charge in [0.1, 0.15) is 0 Å². The first-order valence-electron chi connectivity index (χ1n) is 3.42. The molecule has 0 bridgehead atoms. The molecule has 4 heteroatoms. The molecule has 0 aromatic heterocycles. The number of aliphatic hydroxyl groups excluding tert-OH is 1. The van der Waals surface area contributed by atoms with E-state index >= 15 is 0 Å². The van der Waals surface area contributed by atoms with E-state index < -0.39 is 5.72 Å². The normalized spacial score (nSPS) is 30.1. The maximum Gasteiger partial charge on any atom is 0.248 e. The average molecular weight is 157 g/mol. The fourth-order valence-electron chi connectivity index (χ4n) is 1.07. The third-order valence-electron chi connectivity index (χ3n) is 1.68. The van der Waals surface area contributed by atoms with Crippen LogP contribution in [0.15, 0.2) is 12.2 Å². The number of nitrogens with zero attached hydrogens (tertiary/aromatic N) is 1. The monoisotopic (exact) mass is 157 g/mol. The Hall–Kier alpha value is -0.870. The van der Waals surface area contributed by atoms with Crippen molar-refractivity contribution in [3.8, 4) is 0 Å². The van der Waals surface area contributed by atoms with Gasteiger partial charge in [0.15, 0.2) is 5.72 Å². The van der Waals surface area contributed by atoms with Crippen LogP contribution in [0.5, 0.6) is 0 Å². The fraction of sp³-hybridized carbons (Fsp3) is 0.571. The van der Waals surface area contributed by atoms with Gasteiger partial charge in [0.25, 0.3) is 0 Å². The molecular weight excluding hydrogens is 146 g/mol. The van der Waals surface area contributed by atoms with E-state index in [1.807, 2.05) is 0 Å². The zero-order valence-electron chi connectivity index (χ0n) is 6.32. The Balaban J connectivity index is 2.70. The molecule has 1 aliphatic rings. The van der Waals surface area contributed by atoms with Gasteiger partial charge in [-0.15, -0.1) is 0 Å². The van der Waals surface area contributed by atoms with Gasteiger partial charge >= 0.3 is 0 Å². The lowest BCUT2D eigenvalue weighted by atomic mass is 10.2. The lowest BCUT2D eigenvalue weighted by Gasteiger charge is -2.28. The third-order valence-corrected chi connectivity index (χ3v) is 1.68. The summed E-state index contributed by atoms with van der Waals surface area (Å²) in [5, 5.41) is 18.0. The number of aliphatic hydroxyl groups is 2. The number of amides is 1. The summed E-state index contributed by atoms with van der Waals surface area (Å²) >= 11 is 0. The van der Waals surface area contributed by atoms with Crippen molar-refractivity contribution in [3.63, 3.8) is 0 Å². The van der Waals surface area contributed by atoms with Gasteiger partial charge in [-0.3, -0.25) is 4.79 Å². The molecule has 2 N–H and O–H groups in total. The van der Waals surface area contributed by atoms with Gasteiger partial charge in [-0.05, 0) is 13.0 Å². The summed E-state index contributed by atoms with van der Waals surface area (Å²) in [6.45, 7) is 1.53. The van der Waals surface area contributed by atoms with Crippen LogP contribution in [0.4, 0.5) is 0 Å². The number of hydrogen-bond acceptors (Lipinski definition) is 3. The first kappa shape index (κ1) is 8.23. The van der Waals surface area contributed by atoms with Crippen molar-refractivity contribution in [1.29, 1.82) is 0 Å². The van der Waals surface area contributed by atoms with Crippen LogP contribution < -0.4 is 0 Å². The smallest absolute Gasteiger partial charge is 0.248 e. The highest BCUT2D eigenvalue weighted by molar-refractivity contribution is 5.91. The molecule has 0 aromatic rings. The standard InChI is InChI=1S/C7H11NO3/c1-7(11)3-2-6(10)8(7)4-5-9/h2-3,9,11H,4-5H2,1H3. The van der Waals surface area contributed by atoms with E-state index in [1.165, 1.54) is 24.0 Å². The summed E-state index contributed by atoms with van der Waals surface area (Å²) in [5.41, 5.74) is -1.22. The van der Waals surface area contributed by atoms with Crippen LogP contribution in [0.25, 0.3) is 0 Å². The van der Waals surface area contributed by atoms with E-state index in [2.05, 4.69) is 0 Å². The third kappa shape index (κ3) is 1.41. The van der Waals surface area contributed by atoms with Crippen LogP contribution in [0.2, 0.25) is 0 Å². The minimum Gasteiger partial charge on any atom is -0.395 e. The topological polar surface area (TPSA) is 60.8 Å². The molecule has 0 spiro atoms. The molecule has 1 rings (SSSR count). The molecule has 4 nitrogen and oxygen atoms in total. The Morgan fingerprint density at radius 3 is 2.73 bits per heavy atom. The zero-order chi connectivity index (χ0) is 8.48. The van der Waals surface area contributed by atoms with Crippen molar-refractivity contribution >= 4 is 5.91 Å².